The Balaban J connectivity index is 1.78. The number of thiophene rings is 1. The highest BCUT2D eigenvalue weighted by Gasteiger charge is 2.40. The zero-order valence-corrected chi connectivity index (χ0v) is 11.5. The minimum absolute atomic E-state index is 0.674. The van der Waals surface area contributed by atoms with Crippen molar-refractivity contribution in [1.29, 1.82) is 0 Å². The maximum atomic E-state index is 3.65. The van der Waals surface area contributed by atoms with Crippen LogP contribution < -0.4 is 5.32 Å². The van der Waals surface area contributed by atoms with Crippen molar-refractivity contribution in [3.8, 4) is 0 Å². The van der Waals surface area contributed by atoms with Crippen molar-refractivity contribution in [3.05, 3.63) is 21.4 Å². The van der Waals surface area contributed by atoms with Gasteiger partial charge in [-0.05, 0) is 50.2 Å². The molecule has 1 fully saturated rings. The van der Waals surface area contributed by atoms with Gasteiger partial charge in [0.25, 0.3) is 0 Å². The highest BCUT2D eigenvalue weighted by Crippen LogP contribution is 2.48. The van der Waals surface area contributed by atoms with E-state index in [0.29, 0.717) is 5.41 Å². The van der Waals surface area contributed by atoms with Crippen molar-refractivity contribution in [3.63, 3.8) is 0 Å². The lowest BCUT2D eigenvalue weighted by Gasteiger charge is -2.14. The van der Waals surface area contributed by atoms with Crippen LogP contribution in [0.3, 0.4) is 0 Å². The molecule has 1 aliphatic rings. The summed E-state index contributed by atoms with van der Waals surface area (Å²) in [5, 5.41) is 3.65. The van der Waals surface area contributed by atoms with Crippen LogP contribution in [0.5, 0.6) is 0 Å². The second kappa shape index (κ2) is 4.89. The minimum atomic E-state index is 0.674. The molecule has 0 bridgehead atoms. The van der Waals surface area contributed by atoms with Crippen molar-refractivity contribution >= 4 is 11.3 Å². The van der Waals surface area contributed by atoms with E-state index in [-0.39, 0.29) is 0 Å². The quantitative estimate of drug-likeness (QED) is 0.787. The molecule has 0 atom stereocenters. The standard InChI is InChI=1S/C14H23NS/c1-4-5-14(6-7-14)10-15-9-13-8-11(2)16-12(13)3/h8,15H,4-7,9-10H2,1-3H3. The summed E-state index contributed by atoms with van der Waals surface area (Å²) in [5.74, 6) is 0. The largest absolute Gasteiger partial charge is 0.312 e. The van der Waals surface area contributed by atoms with Gasteiger partial charge < -0.3 is 5.32 Å². The molecule has 0 saturated heterocycles. The van der Waals surface area contributed by atoms with E-state index in [4.69, 9.17) is 0 Å². The summed E-state index contributed by atoms with van der Waals surface area (Å²) in [5.41, 5.74) is 2.17. The lowest BCUT2D eigenvalue weighted by Crippen LogP contribution is -2.23. The molecule has 0 radical (unpaired) electrons. The molecule has 1 nitrogen and oxygen atoms in total. The van der Waals surface area contributed by atoms with Gasteiger partial charge in [-0.25, -0.2) is 0 Å². The van der Waals surface area contributed by atoms with Gasteiger partial charge >= 0.3 is 0 Å². The number of nitrogens with one attached hydrogen (secondary N) is 1. The molecule has 1 N–H and O–H groups in total. The summed E-state index contributed by atoms with van der Waals surface area (Å²) in [6.07, 6.45) is 5.62. The fraction of sp³-hybridized carbons (Fsp3) is 0.714. The molecule has 0 aromatic carbocycles. The first-order valence-corrected chi connectivity index (χ1v) is 7.23. The SMILES string of the molecule is CCCC1(CNCc2cc(C)sc2C)CC1. The smallest absolute Gasteiger partial charge is 0.0216 e. The van der Waals surface area contributed by atoms with Crippen molar-refractivity contribution < 1.29 is 0 Å². The van der Waals surface area contributed by atoms with Crippen LogP contribution >= 0.6 is 11.3 Å². The van der Waals surface area contributed by atoms with Crippen LogP contribution in [0.4, 0.5) is 0 Å². The molecule has 1 heterocycles. The number of hydrogen-bond donors (Lipinski definition) is 1. The Morgan fingerprint density at radius 2 is 2.12 bits per heavy atom. The Bertz CT molecular complexity index is 350. The van der Waals surface area contributed by atoms with Gasteiger partial charge in [-0.15, -0.1) is 11.3 Å². The van der Waals surface area contributed by atoms with Crippen LogP contribution in [-0.4, -0.2) is 6.54 Å². The molecule has 1 aromatic rings. The first-order valence-electron chi connectivity index (χ1n) is 6.42. The van der Waals surface area contributed by atoms with Gasteiger partial charge in [0.2, 0.25) is 0 Å². The van der Waals surface area contributed by atoms with Crippen molar-refractivity contribution in [2.45, 2.75) is 53.0 Å². The molecule has 2 rings (SSSR count). The first kappa shape index (κ1) is 12.1. The average Bonchev–Trinajstić information content (AvgIpc) is 2.89. The summed E-state index contributed by atoms with van der Waals surface area (Å²) in [4.78, 5) is 2.91. The van der Waals surface area contributed by atoms with E-state index >= 15 is 0 Å². The predicted octanol–water partition coefficient (Wildman–Crippen LogP) is 4.03. The number of hydrogen-bond acceptors (Lipinski definition) is 2. The average molecular weight is 237 g/mol. The molecule has 0 spiro atoms. The maximum Gasteiger partial charge on any atom is 0.0216 e. The normalized spacial score (nSPS) is 17.7. The number of aryl methyl sites for hydroxylation is 2. The Hall–Kier alpha value is -0.340. The molecular weight excluding hydrogens is 214 g/mol. The third-order valence-electron chi connectivity index (χ3n) is 3.70. The van der Waals surface area contributed by atoms with Gasteiger partial charge in [0.1, 0.15) is 0 Å². The summed E-state index contributed by atoms with van der Waals surface area (Å²) >= 11 is 1.91. The van der Waals surface area contributed by atoms with Crippen LogP contribution in [0.1, 0.15) is 47.9 Å². The van der Waals surface area contributed by atoms with E-state index in [1.165, 1.54) is 47.5 Å². The zero-order valence-electron chi connectivity index (χ0n) is 10.7. The molecule has 2 heteroatoms. The molecule has 90 valence electrons. The lowest BCUT2D eigenvalue weighted by molar-refractivity contribution is 0.421. The summed E-state index contributed by atoms with van der Waals surface area (Å²) in [6, 6.07) is 2.33. The Morgan fingerprint density at radius 3 is 2.62 bits per heavy atom. The van der Waals surface area contributed by atoms with E-state index < -0.39 is 0 Å². The summed E-state index contributed by atoms with van der Waals surface area (Å²) < 4.78 is 0. The van der Waals surface area contributed by atoms with E-state index in [0.717, 1.165) is 6.54 Å². The predicted molar refractivity (Wildman–Crippen MR) is 72.1 cm³/mol. The molecule has 16 heavy (non-hydrogen) atoms. The molecule has 0 unspecified atom stereocenters. The van der Waals surface area contributed by atoms with E-state index in [1.807, 2.05) is 11.3 Å². The Labute approximate surface area is 103 Å². The van der Waals surface area contributed by atoms with Gasteiger partial charge in [-0.1, -0.05) is 13.3 Å². The van der Waals surface area contributed by atoms with E-state index in [1.54, 1.807) is 0 Å². The summed E-state index contributed by atoms with van der Waals surface area (Å²) in [7, 11) is 0. The second-order valence-electron chi connectivity index (χ2n) is 5.29. The molecule has 0 amide bonds. The van der Waals surface area contributed by atoms with Crippen molar-refractivity contribution in [1.82, 2.24) is 5.32 Å². The zero-order chi connectivity index (χ0) is 11.6. The molecule has 1 aromatic heterocycles. The highest BCUT2D eigenvalue weighted by atomic mass is 32.1. The fourth-order valence-electron chi connectivity index (χ4n) is 2.54. The van der Waals surface area contributed by atoms with Gasteiger partial charge in [0.05, 0.1) is 0 Å². The molecule has 0 aliphatic heterocycles. The molecule has 1 saturated carbocycles. The monoisotopic (exact) mass is 237 g/mol. The third kappa shape index (κ3) is 2.86. The van der Waals surface area contributed by atoms with Gasteiger partial charge in [0, 0.05) is 22.8 Å². The molecular formula is C14H23NS. The minimum Gasteiger partial charge on any atom is -0.312 e. The Morgan fingerprint density at radius 1 is 1.38 bits per heavy atom. The van der Waals surface area contributed by atoms with Crippen LogP contribution in [0.2, 0.25) is 0 Å². The number of rotatable bonds is 6. The third-order valence-corrected chi connectivity index (χ3v) is 4.70. The second-order valence-corrected chi connectivity index (χ2v) is 6.75. The topological polar surface area (TPSA) is 12.0 Å². The van der Waals surface area contributed by atoms with E-state index in [2.05, 4.69) is 32.2 Å². The van der Waals surface area contributed by atoms with Crippen LogP contribution in [0, 0.1) is 19.3 Å². The highest BCUT2D eigenvalue weighted by molar-refractivity contribution is 7.12. The van der Waals surface area contributed by atoms with E-state index in [9.17, 15) is 0 Å². The van der Waals surface area contributed by atoms with Crippen molar-refractivity contribution in [2.75, 3.05) is 6.54 Å². The summed E-state index contributed by atoms with van der Waals surface area (Å²) in [6.45, 7) is 9.00. The van der Waals surface area contributed by atoms with Gasteiger partial charge in [-0.2, -0.15) is 0 Å². The Kier molecular flexibility index (Phi) is 3.70. The van der Waals surface area contributed by atoms with Crippen LogP contribution in [0.15, 0.2) is 6.07 Å². The lowest BCUT2D eigenvalue weighted by atomic mass is 10.0. The van der Waals surface area contributed by atoms with Gasteiger partial charge in [0.15, 0.2) is 0 Å². The van der Waals surface area contributed by atoms with Crippen LogP contribution in [0.25, 0.3) is 0 Å². The molecule has 1 aliphatic carbocycles. The maximum absolute atomic E-state index is 3.65. The van der Waals surface area contributed by atoms with Crippen LogP contribution in [-0.2, 0) is 6.54 Å². The van der Waals surface area contributed by atoms with Crippen molar-refractivity contribution in [2.24, 2.45) is 5.41 Å². The fourth-order valence-corrected chi connectivity index (χ4v) is 3.49. The van der Waals surface area contributed by atoms with Gasteiger partial charge in [-0.3, -0.25) is 0 Å². The first-order chi connectivity index (χ1) is 7.65.